The SMILES string of the molecule is CCCN1C(=O)[C@@H]2Cc3c([nH]c4ccccc34)[C@@H](c3cc(OC)c(OC)c(OC)c3)N2C1=O. The number of nitrogens with one attached hydrogen (secondary N) is 1. The van der Waals surface area contributed by atoms with Crippen molar-refractivity contribution in [3.05, 3.63) is 53.2 Å². The Morgan fingerprint density at radius 1 is 1.03 bits per heavy atom. The highest BCUT2D eigenvalue weighted by atomic mass is 16.5. The van der Waals surface area contributed by atoms with E-state index in [1.54, 1.807) is 26.2 Å². The number of benzene rings is 2. The summed E-state index contributed by atoms with van der Waals surface area (Å²) < 4.78 is 16.7. The van der Waals surface area contributed by atoms with E-state index in [1.165, 1.54) is 4.90 Å². The Bertz CT molecular complexity index is 1230. The van der Waals surface area contributed by atoms with E-state index in [0.29, 0.717) is 36.6 Å². The Labute approximate surface area is 192 Å². The van der Waals surface area contributed by atoms with Crippen LogP contribution in [0.4, 0.5) is 4.79 Å². The predicted molar refractivity (Wildman–Crippen MR) is 123 cm³/mol. The molecular weight excluding hydrogens is 422 g/mol. The summed E-state index contributed by atoms with van der Waals surface area (Å²) in [7, 11) is 4.68. The summed E-state index contributed by atoms with van der Waals surface area (Å²) in [4.78, 5) is 33.4. The van der Waals surface area contributed by atoms with E-state index in [9.17, 15) is 9.59 Å². The topological polar surface area (TPSA) is 84.1 Å². The lowest BCUT2D eigenvalue weighted by Crippen LogP contribution is -2.44. The van der Waals surface area contributed by atoms with Gasteiger partial charge in [0, 0.05) is 29.6 Å². The van der Waals surface area contributed by atoms with Gasteiger partial charge in [0.2, 0.25) is 5.75 Å². The minimum atomic E-state index is -0.556. The fraction of sp³-hybridized carbons (Fsp3) is 0.360. The largest absolute Gasteiger partial charge is 0.493 e. The maximum absolute atomic E-state index is 13.5. The molecule has 2 atom stereocenters. The van der Waals surface area contributed by atoms with E-state index < -0.39 is 12.1 Å². The molecule has 5 rings (SSSR count). The molecule has 0 spiro atoms. The number of urea groups is 1. The van der Waals surface area contributed by atoms with Gasteiger partial charge in [-0.1, -0.05) is 25.1 Å². The monoisotopic (exact) mass is 449 g/mol. The fourth-order valence-corrected chi connectivity index (χ4v) is 5.16. The minimum Gasteiger partial charge on any atom is -0.493 e. The first kappa shape index (κ1) is 21.2. The molecule has 3 amide bonds. The third-order valence-electron chi connectivity index (χ3n) is 6.58. The first-order valence-electron chi connectivity index (χ1n) is 11.1. The number of para-hydroxylation sites is 1. The molecular formula is C25H27N3O5. The standard InChI is InChI=1S/C25H27N3O5/c1-5-10-27-24(29)18-13-16-15-8-6-7-9-17(15)26-21(16)22(28(18)25(27)30)14-11-19(31-2)23(33-4)20(12-14)32-3/h6-9,11-12,18,22,26H,5,10,13H2,1-4H3/t18-,22+/m0/s1. The molecule has 0 saturated carbocycles. The van der Waals surface area contributed by atoms with Crippen LogP contribution >= 0.6 is 0 Å². The Morgan fingerprint density at radius 3 is 2.36 bits per heavy atom. The second-order valence-electron chi connectivity index (χ2n) is 8.32. The Balaban J connectivity index is 1.75. The summed E-state index contributed by atoms with van der Waals surface area (Å²) in [6, 6.07) is 10.4. The molecule has 1 saturated heterocycles. The van der Waals surface area contributed by atoms with Crippen molar-refractivity contribution in [1.29, 1.82) is 0 Å². The second-order valence-corrected chi connectivity index (χ2v) is 8.32. The molecule has 0 aliphatic carbocycles. The molecule has 2 aliphatic heterocycles. The fourth-order valence-electron chi connectivity index (χ4n) is 5.16. The van der Waals surface area contributed by atoms with Gasteiger partial charge >= 0.3 is 6.03 Å². The number of hydrogen-bond acceptors (Lipinski definition) is 5. The van der Waals surface area contributed by atoms with Crippen LogP contribution in [0.15, 0.2) is 36.4 Å². The zero-order valence-electron chi connectivity index (χ0n) is 19.2. The third-order valence-corrected chi connectivity index (χ3v) is 6.58. The van der Waals surface area contributed by atoms with Crippen molar-refractivity contribution in [1.82, 2.24) is 14.8 Å². The van der Waals surface area contributed by atoms with Crippen molar-refractivity contribution in [2.75, 3.05) is 27.9 Å². The zero-order chi connectivity index (χ0) is 23.3. The molecule has 0 radical (unpaired) electrons. The molecule has 0 bridgehead atoms. The molecule has 3 heterocycles. The van der Waals surface area contributed by atoms with Gasteiger partial charge in [-0.15, -0.1) is 0 Å². The molecule has 2 aromatic carbocycles. The molecule has 2 aliphatic rings. The highest BCUT2D eigenvalue weighted by molar-refractivity contribution is 6.05. The van der Waals surface area contributed by atoms with Crippen molar-refractivity contribution in [2.24, 2.45) is 0 Å². The summed E-state index contributed by atoms with van der Waals surface area (Å²) >= 11 is 0. The number of aromatic amines is 1. The summed E-state index contributed by atoms with van der Waals surface area (Å²) in [5.74, 6) is 1.32. The summed E-state index contributed by atoms with van der Waals surface area (Å²) in [5, 5.41) is 1.07. The number of amides is 3. The Morgan fingerprint density at radius 2 is 1.73 bits per heavy atom. The number of rotatable bonds is 6. The maximum atomic E-state index is 13.5. The van der Waals surface area contributed by atoms with Crippen LogP contribution in [0, 0.1) is 0 Å². The quantitative estimate of drug-likeness (QED) is 0.578. The average Bonchev–Trinajstić information content (AvgIpc) is 3.32. The van der Waals surface area contributed by atoms with Gasteiger partial charge in [0.1, 0.15) is 12.1 Å². The number of carbonyl (C=O) groups is 2. The number of ether oxygens (including phenoxy) is 3. The Hall–Kier alpha value is -3.68. The summed E-state index contributed by atoms with van der Waals surface area (Å²) in [6.45, 7) is 2.37. The van der Waals surface area contributed by atoms with Crippen LogP contribution in [-0.2, 0) is 11.2 Å². The zero-order valence-corrected chi connectivity index (χ0v) is 19.2. The molecule has 8 nitrogen and oxygen atoms in total. The first-order chi connectivity index (χ1) is 16.0. The number of aromatic nitrogens is 1. The van der Waals surface area contributed by atoms with Gasteiger partial charge in [0.05, 0.1) is 21.3 Å². The molecule has 1 aromatic heterocycles. The van der Waals surface area contributed by atoms with Crippen molar-refractivity contribution in [2.45, 2.75) is 31.8 Å². The lowest BCUT2D eigenvalue weighted by Gasteiger charge is -2.36. The van der Waals surface area contributed by atoms with Crippen LogP contribution in [0.2, 0.25) is 0 Å². The molecule has 0 unspecified atom stereocenters. The van der Waals surface area contributed by atoms with E-state index in [4.69, 9.17) is 14.2 Å². The van der Waals surface area contributed by atoms with Gasteiger partial charge in [-0.2, -0.15) is 0 Å². The number of carbonyl (C=O) groups excluding carboxylic acids is 2. The van der Waals surface area contributed by atoms with Crippen LogP contribution in [0.3, 0.4) is 0 Å². The predicted octanol–water partition coefficient (Wildman–Crippen LogP) is 3.88. The first-order valence-corrected chi connectivity index (χ1v) is 11.1. The highest BCUT2D eigenvalue weighted by Gasteiger charge is 2.52. The van der Waals surface area contributed by atoms with Crippen molar-refractivity contribution >= 4 is 22.8 Å². The van der Waals surface area contributed by atoms with Gasteiger partial charge in [-0.25, -0.2) is 4.79 Å². The smallest absolute Gasteiger partial charge is 0.328 e. The van der Waals surface area contributed by atoms with E-state index in [1.807, 2.05) is 37.3 Å². The minimum absolute atomic E-state index is 0.143. The molecule has 1 N–H and O–H groups in total. The van der Waals surface area contributed by atoms with Crippen LogP contribution in [0.1, 0.15) is 36.2 Å². The van der Waals surface area contributed by atoms with Gasteiger partial charge in [0.15, 0.2) is 11.5 Å². The third kappa shape index (κ3) is 3.04. The lowest BCUT2D eigenvalue weighted by molar-refractivity contribution is -0.128. The molecule has 3 aromatic rings. The van der Waals surface area contributed by atoms with E-state index in [-0.39, 0.29) is 11.9 Å². The summed E-state index contributed by atoms with van der Waals surface area (Å²) in [5.41, 5.74) is 3.72. The number of imide groups is 1. The highest BCUT2D eigenvalue weighted by Crippen LogP contribution is 2.47. The van der Waals surface area contributed by atoms with Crippen molar-refractivity contribution in [3.8, 4) is 17.2 Å². The van der Waals surface area contributed by atoms with Gasteiger partial charge in [-0.05, 0) is 35.7 Å². The lowest BCUT2D eigenvalue weighted by atomic mass is 9.88. The van der Waals surface area contributed by atoms with Gasteiger partial charge in [0.25, 0.3) is 5.91 Å². The molecule has 1 fully saturated rings. The van der Waals surface area contributed by atoms with E-state index in [0.717, 1.165) is 27.7 Å². The normalized spacial score (nSPS) is 19.6. The van der Waals surface area contributed by atoms with E-state index >= 15 is 0 Å². The summed E-state index contributed by atoms with van der Waals surface area (Å²) in [6.07, 6.45) is 1.19. The second kappa shape index (κ2) is 8.03. The van der Waals surface area contributed by atoms with Crippen LogP contribution < -0.4 is 14.2 Å². The molecule has 172 valence electrons. The van der Waals surface area contributed by atoms with Crippen molar-refractivity contribution < 1.29 is 23.8 Å². The van der Waals surface area contributed by atoms with Crippen molar-refractivity contribution in [3.63, 3.8) is 0 Å². The number of H-pyrrole nitrogens is 1. The van der Waals surface area contributed by atoms with Gasteiger partial charge < -0.3 is 19.2 Å². The van der Waals surface area contributed by atoms with Crippen LogP contribution in [0.5, 0.6) is 17.2 Å². The van der Waals surface area contributed by atoms with Crippen LogP contribution in [-0.4, -0.2) is 60.6 Å². The maximum Gasteiger partial charge on any atom is 0.328 e. The number of fused-ring (bicyclic) bond motifs is 4. The number of methoxy groups -OCH3 is 3. The number of hydrogen-bond donors (Lipinski definition) is 1. The average molecular weight is 450 g/mol. The van der Waals surface area contributed by atoms with E-state index in [2.05, 4.69) is 11.1 Å². The molecule has 33 heavy (non-hydrogen) atoms. The number of nitrogens with zero attached hydrogens (tertiary/aromatic N) is 2. The Kier molecular flexibility index (Phi) is 5.15. The molecule has 8 heteroatoms. The van der Waals surface area contributed by atoms with Gasteiger partial charge in [-0.3, -0.25) is 14.6 Å². The van der Waals surface area contributed by atoms with Crippen LogP contribution in [0.25, 0.3) is 10.9 Å².